The van der Waals surface area contributed by atoms with Gasteiger partial charge in [0, 0.05) is 12.4 Å². The van der Waals surface area contributed by atoms with Gasteiger partial charge in [0.1, 0.15) is 5.82 Å². The number of carbonyl (C=O) groups is 2. The van der Waals surface area contributed by atoms with Crippen LogP contribution in [-0.2, 0) is 4.79 Å². The molecule has 2 N–H and O–H groups in total. The van der Waals surface area contributed by atoms with Crippen molar-refractivity contribution in [2.24, 2.45) is 0 Å². The summed E-state index contributed by atoms with van der Waals surface area (Å²) in [6.07, 6.45) is 2.49. The highest BCUT2D eigenvalue weighted by molar-refractivity contribution is 6.30. The van der Waals surface area contributed by atoms with E-state index in [2.05, 4.69) is 10.3 Å². The maximum absolute atomic E-state index is 13.5. The van der Waals surface area contributed by atoms with Crippen molar-refractivity contribution < 1.29 is 19.1 Å². The Bertz CT molecular complexity index is 694. The van der Waals surface area contributed by atoms with E-state index in [1.807, 2.05) is 0 Å². The van der Waals surface area contributed by atoms with Gasteiger partial charge in [-0.1, -0.05) is 17.7 Å². The van der Waals surface area contributed by atoms with Crippen LogP contribution in [0, 0.1) is 5.82 Å². The monoisotopic (exact) mass is 322 g/mol. The lowest BCUT2D eigenvalue weighted by molar-refractivity contribution is -0.137. The molecule has 0 aliphatic carbocycles. The minimum atomic E-state index is -1.12. The number of hydrogen-bond acceptors (Lipinski definition) is 3. The Kier molecular flexibility index (Phi) is 5.06. The lowest BCUT2D eigenvalue weighted by Gasteiger charge is -2.17. The van der Waals surface area contributed by atoms with Crippen LogP contribution in [0.2, 0.25) is 5.02 Å². The summed E-state index contributed by atoms with van der Waals surface area (Å²) in [6.45, 7) is 0. The molecule has 0 spiro atoms. The Balaban J connectivity index is 2.24. The number of carbonyl (C=O) groups excluding carboxylic acids is 1. The Morgan fingerprint density at radius 3 is 2.73 bits per heavy atom. The number of aromatic nitrogens is 1. The number of halogens is 2. The minimum absolute atomic E-state index is 0.0728. The molecule has 0 saturated heterocycles. The zero-order chi connectivity index (χ0) is 16.1. The molecule has 1 aromatic carbocycles. The van der Waals surface area contributed by atoms with Crippen LogP contribution >= 0.6 is 11.6 Å². The van der Waals surface area contributed by atoms with Gasteiger partial charge in [-0.15, -0.1) is 0 Å². The van der Waals surface area contributed by atoms with Gasteiger partial charge in [-0.05, 0) is 29.8 Å². The van der Waals surface area contributed by atoms with E-state index >= 15 is 0 Å². The van der Waals surface area contributed by atoms with Crippen molar-refractivity contribution >= 4 is 23.5 Å². The second-order valence-electron chi connectivity index (χ2n) is 4.54. The van der Waals surface area contributed by atoms with E-state index in [4.69, 9.17) is 16.7 Å². The highest BCUT2D eigenvalue weighted by Gasteiger charge is 2.20. The maximum Gasteiger partial charge on any atom is 0.305 e. The first kappa shape index (κ1) is 15.9. The third-order valence-electron chi connectivity index (χ3n) is 2.95. The zero-order valence-electron chi connectivity index (χ0n) is 11.3. The number of carboxylic acid groups (broad SMARTS) is 1. The van der Waals surface area contributed by atoms with E-state index in [0.717, 1.165) is 6.07 Å². The lowest BCUT2D eigenvalue weighted by atomic mass is 10.0. The molecule has 1 amide bonds. The van der Waals surface area contributed by atoms with Crippen LogP contribution in [0.15, 0.2) is 42.7 Å². The van der Waals surface area contributed by atoms with Crippen molar-refractivity contribution in [3.63, 3.8) is 0 Å². The van der Waals surface area contributed by atoms with Crippen LogP contribution in [0.4, 0.5) is 4.39 Å². The number of nitrogens with one attached hydrogen (secondary N) is 1. The van der Waals surface area contributed by atoms with Crippen LogP contribution in [-0.4, -0.2) is 22.0 Å². The molecule has 1 heterocycles. The summed E-state index contributed by atoms with van der Waals surface area (Å²) < 4.78 is 13.5. The van der Waals surface area contributed by atoms with Gasteiger partial charge >= 0.3 is 5.97 Å². The van der Waals surface area contributed by atoms with E-state index in [1.165, 1.54) is 24.5 Å². The number of rotatable bonds is 5. The van der Waals surface area contributed by atoms with Crippen LogP contribution in [0.3, 0.4) is 0 Å². The Hall–Kier alpha value is -2.47. The normalized spacial score (nSPS) is 11.7. The average molecular weight is 323 g/mol. The number of pyridine rings is 1. The molecule has 0 aliphatic heterocycles. The molecule has 0 saturated carbocycles. The molecule has 114 valence electrons. The third kappa shape index (κ3) is 4.02. The summed E-state index contributed by atoms with van der Waals surface area (Å²) in [5.74, 6) is -2.29. The highest BCUT2D eigenvalue weighted by Crippen LogP contribution is 2.23. The summed E-state index contributed by atoms with van der Waals surface area (Å²) in [5.41, 5.74) is 0.605. The summed E-state index contributed by atoms with van der Waals surface area (Å²) in [4.78, 5) is 26.9. The minimum Gasteiger partial charge on any atom is -0.481 e. The van der Waals surface area contributed by atoms with E-state index in [9.17, 15) is 14.0 Å². The second kappa shape index (κ2) is 7.00. The van der Waals surface area contributed by atoms with E-state index in [0.29, 0.717) is 5.56 Å². The van der Waals surface area contributed by atoms with Crippen LogP contribution < -0.4 is 5.32 Å². The van der Waals surface area contributed by atoms with Crippen molar-refractivity contribution in [3.05, 3.63) is 64.7 Å². The van der Waals surface area contributed by atoms with Gasteiger partial charge in [0.05, 0.1) is 23.0 Å². The number of benzene rings is 1. The standard InChI is InChI=1S/C15H12ClFN2O3/c16-11-4-3-9(6-12(11)17)13(7-14(20)21)19-15(22)10-2-1-5-18-8-10/h1-6,8,13H,7H2,(H,19,22)(H,20,21)/t13-/m0/s1. The first-order valence-electron chi connectivity index (χ1n) is 6.35. The molecule has 0 fully saturated rings. The van der Waals surface area contributed by atoms with Crippen LogP contribution in [0.1, 0.15) is 28.4 Å². The Labute approximate surface area is 130 Å². The molecular formula is C15H12ClFN2O3. The summed E-state index contributed by atoms with van der Waals surface area (Å²) in [7, 11) is 0. The molecule has 2 aromatic rings. The quantitative estimate of drug-likeness (QED) is 0.887. The lowest BCUT2D eigenvalue weighted by Crippen LogP contribution is -2.30. The Morgan fingerprint density at radius 2 is 2.14 bits per heavy atom. The highest BCUT2D eigenvalue weighted by atomic mass is 35.5. The largest absolute Gasteiger partial charge is 0.481 e. The topological polar surface area (TPSA) is 79.3 Å². The SMILES string of the molecule is O=C(O)C[C@H](NC(=O)c1cccnc1)c1ccc(Cl)c(F)c1. The van der Waals surface area contributed by atoms with Crippen molar-refractivity contribution in [2.45, 2.75) is 12.5 Å². The van der Waals surface area contributed by atoms with Gasteiger partial charge in [-0.3, -0.25) is 14.6 Å². The molecule has 1 atom stereocenters. The third-order valence-corrected chi connectivity index (χ3v) is 3.26. The van der Waals surface area contributed by atoms with Crippen LogP contribution in [0.25, 0.3) is 0 Å². The molecule has 0 bridgehead atoms. The number of aliphatic carboxylic acids is 1. The first-order chi connectivity index (χ1) is 10.5. The molecule has 0 unspecified atom stereocenters. The second-order valence-corrected chi connectivity index (χ2v) is 4.95. The summed E-state index contributed by atoms with van der Waals surface area (Å²) in [5, 5.41) is 11.5. The van der Waals surface area contributed by atoms with E-state index in [-0.39, 0.29) is 17.0 Å². The predicted octanol–water partition coefficient (Wildman–Crippen LogP) is 2.82. The van der Waals surface area contributed by atoms with Crippen molar-refractivity contribution in [1.82, 2.24) is 10.3 Å². The molecular weight excluding hydrogens is 311 g/mol. The summed E-state index contributed by atoms with van der Waals surface area (Å²) in [6, 6.07) is 6.15. The fourth-order valence-corrected chi connectivity index (χ4v) is 2.01. The van der Waals surface area contributed by atoms with E-state index in [1.54, 1.807) is 12.1 Å². The number of nitrogens with zero attached hydrogens (tertiary/aromatic N) is 1. The van der Waals surface area contributed by atoms with Gasteiger partial charge in [-0.25, -0.2) is 4.39 Å². The van der Waals surface area contributed by atoms with Gasteiger partial charge in [0.2, 0.25) is 0 Å². The van der Waals surface area contributed by atoms with E-state index < -0.39 is 23.7 Å². The molecule has 5 nitrogen and oxygen atoms in total. The number of carboxylic acids is 1. The fraction of sp³-hybridized carbons (Fsp3) is 0.133. The van der Waals surface area contributed by atoms with Gasteiger partial charge in [0.15, 0.2) is 0 Å². The first-order valence-corrected chi connectivity index (χ1v) is 6.73. The van der Waals surface area contributed by atoms with Crippen LogP contribution in [0.5, 0.6) is 0 Å². The smallest absolute Gasteiger partial charge is 0.305 e. The molecule has 0 aliphatic rings. The van der Waals surface area contributed by atoms with Gasteiger partial charge in [-0.2, -0.15) is 0 Å². The summed E-state index contributed by atoms with van der Waals surface area (Å²) >= 11 is 5.61. The van der Waals surface area contributed by atoms with Gasteiger partial charge in [0.25, 0.3) is 5.91 Å². The number of hydrogen-bond donors (Lipinski definition) is 2. The molecule has 2 rings (SSSR count). The van der Waals surface area contributed by atoms with Gasteiger partial charge < -0.3 is 10.4 Å². The maximum atomic E-state index is 13.5. The number of amides is 1. The predicted molar refractivity (Wildman–Crippen MR) is 78.1 cm³/mol. The van der Waals surface area contributed by atoms with Crippen molar-refractivity contribution in [2.75, 3.05) is 0 Å². The van der Waals surface area contributed by atoms with Crippen molar-refractivity contribution in [3.8, 4) is 0 Å². The fourth-order valence-electron chi connectivity index (χ4n) is 1.89. The molecule has 1 aromatic heterocycles. The Morgan fingerprint density at radius 1 is 1.36 bits per heavy atom. The molecule has 0 radical (unpaired) electrons. The van der Waals surface area contributed by atoms with Crippen molar-refractivity contribution in [1.29, 1.82) is 0 Å². The average Bonchev–Trinajstić information content (AvgIpc) is 2.49. The molecule has 7 heteroatoms. The molecule has 22 heavy (non-hydrogen) atoms. The zero-order valence-corrected chi connectivity index (χ0v) is 12.0.